The van der Waals surface area contributed by atoms with Crippen molar-refractivity contribution in [3.05, 3.63) is 101 Å². The number of nitrogens with zero attached hydrogens (tertiary/aromatic N) is 3. The maximum Gasteiger partial charge on any atom is 0.301 e. The number of aromatic nitrogens is 2. The third kappa shape index (κ3) is 5.32. The number of carbonyl (C=O) groups is 2. The highest BCUT2D eigenvalue weighted by atomic mass is 32.2. The molecule has 1 amide bonds. The predicted molar refractivity (Wildman–Crippen MR) is 159 cm³/mol. The molecule has 0 saturated carbocycles. The predicted octanol–water partition coefficient (Wildman–Crippen LogP) is 6.18. The molecule has 2 atom stereocenters. The van der Waals surface area contributed by atoms with E-state index >= 15 is 0 Å². The quantitative estimate of drug-likeness (QED) is 0.0860. The standard InChI is InChI=1S/C31H27N3O5S2/c1-3-38-23-11-7-10-20(16-23)26-25(27(35)21-12-13-24-22(15-21)14-18(2)39-24)28(36)29(37)34(26)30-32-33-31(41-30)40-17-19-8-5-4-6-9-19/h4-13,15-16,18,26,35H,3,14,17H2,1-2H3/b27-25+/t18-,26-/m1/s1. The average molecular weight is 586 g/mol. The van der Waals surface area contributed by atoms with E-state index in [1.54, 1.807) is 24.3 Å². The molecule has 3 aromatic carbocycles. The van der Waals surface area contributed by atoms with Crippen LogP contribution >= 0.6 is 23.1 Å². The molecule has 0 unspecified atom stereocenters. The van der Waals surface area contributed by atoms with E-state index in [-0.39, 0.29) is 22.6 Å². The van der Waals surface area contributed by atoms with Crippen molar-refractivity contribution in [2.24, 2.45) is 0 Å². The lowest BCUT2D eigenvalue weighted by Crippen LogP contribution is -2.29. The lowest BCUT2D eigenvalue weighted by molar-refractivity contribution is -0.132. The van der Waals surface area contributed by atoms with Crippen molar-refractivity contribution in [1.82, 2.24) is 10.2 Å². The van der Waals surface area contributed by atoms with Gasteiger partial charge in [0.25, 0.3) is 5.78 Å². The van der Waals surface area contributed by atoms with Crippen LogP contribution < -0.4 is 14.4 Å². The molecular weight excluding hydrogens is 558 g/mol. The maximum absolute atomic E-state index is 13.6. The van der Waals surface area contributed by atoms with E-state index in [0.29, 0.717) is 40.0 Å². The normalized spacial score (nSPS) is 19.3. The Bertz CT molecular complexity index is 1650. The van der Waals surface area contributed by atoms with Gasteiger partial charge in [0.1, 0.15) is 23.4 Å². The minimum atomic E-state index is -0.918. The van der Waals surface area contributed by atoms with Crippen LogP contribution in [0.3, 0.4) is 0 Å². The van der Waals surface area contributed by atoms with Crippen LogP contribution in [0.2, 0.25) is 0 Å². The molecule has 10 heteroatoms. The molecule has 6 rings (SSSR count). The van der Waals surface area contributed by atoms with Crippen LogP contribution in [0.1, 0.15) is 42.1 Å². The van der Waals surface area contributed by atoms with Gasteiger partial charge in [0.05, 0.1) is 18.2 Å². The summed E-state index contributed by atoms with van der Waals surface area (Å²) in [6.45, 7) is 4.32. The second kappa shape index (κ2) is 11.4. The number of rotatable bonds is 8. The SMILES string of the molecule is CCOc1cccc([C@@H]2/C(=C(\O)c3ccc4c(c3)C[C@@H](C)O4)C(=O)C(=O)N2c2nnc(SCc3ccccc3)s2)c1. The number of thioether (sulfide) groups is 1. The highest BCUT2D eigenvalue weighted by Crippen LogP contribution is 2.45. The Kier molecular flexibility index (Phi) is 7.51. The summed E-state index contributed by atoms with van der Waals surface area (Å²) >= 11 is 2.74. The minimum absolute atomic E-state index is 0.00995. The van der Waals surface area contributed by atoms with Crippen LogP contribution in [-0.2, 0) is 21.8 Å². The molecule has 0 spiro atoms. The van der Waals surface area contributed by atoms with E-state index in [9.17, 15) is 14.7 Å². The molecule has 1 aromatic heterocycles. The second-order valence-electron chi connectivity index (χ2n) is 9.75. The van der Waals surface area contributed by atoms with Crippen molar-refractivity contribution in [2.75, 3.05) is 11.5 Å². The summed E-state index contributed by atoms with van der Waals surface area (Å²) in [6, 6.07) is 21.6. The van der Waals surface area contributed by atoms with Gasteiger partial charge >= 0.3 is 5.91 Å². The zero-order valence-electron chi connectivity index (χ0n) is 22.4. The molecule has 208 valence electrons. The van der Waals surface area contributed by atoms with Crippen LogP contribution in [0.25, 0.3) is 5.76 Å². The number of carbonyl (C=O) groups excluding carboxylic acids is 2. The number of amides is 1. The molecular formula is C31H27N3O5S2. The Morgan fingerprint density at radius 1 is 1.10 bits per heavy atom. The fourth-order valence-corrected chi connectivity index (χ4v) is 6.91. The third-order valence-corrected chi connectivity index (χ3v) is 9.03. The summed E-state index contributed by atoms with van der Waals surface area (Å²) in [4.78, 5) is 28.5. The largest absolute Gasteiger partial charge is 0.507 e. The minimum Gasteiger partial charge on any atom is -0.507 e. The number of fused-ring (bicyclic) bond motifs is 1. The fraction of sp³-hybridized carbons (Fsp3) is 0.226. The van der Waals surface area contributed by atoms with Gasteiger partial charge in [0, 0.05) is 17.7 Å². The first kappa shape index (κ1) is 27.0. The van der Waals surface area contributed by atoms with E-state index < -0.39 is 17.7 Å². The molecule has 4 aromatic rings. The number of anilines is 1. The molecule has 3 heterocycles. The molecule has 1 N–H and O–H groups in total. The van der Waals surface area contributed by atoms with Crippen molar-refractivity contribution in [1.29, 1.82) is 0 Å². The number of aliphatic hydroxyl groups excluding tert-OH is 1. The van der Waals surface area contributed by atoms with Crippen LogP contribution in [0, 0.1) is 0 Å². The summed E-state index contributed by atoms with van der Waals surface area (Å²) in [5.74, 6) is 0.235. The summed E-state index contributed by atoms with van der Waals surface area (Å²) in [5.41, 5.74) is 3.13. The Labute approximate surface area is 245 Å². The summed E-state index contributed by atoms with van der Waals surface area (Å²) < 4.78 is 12.2. The lowest BCUT2D eigenvalue weighted by Gasteiger charge is -2.23. The number of hydrogen-bond donors (Lipinski definition) is 1. The first-order chi connectivity index (χ1) is 19.9. The first-order valence-corrected chi connectivity index (χ1v) is 15.1. The third-order valence-electron chi connectivity index (χ3n) is 6.91. The summed E-state index contributed by atoms with van der Waals surface area (Å²) in [5, 5.41) is 20.4. The topological polar surface area (TPSA) is 102 Å². The summed E-state index contributed by atoms with van der Waals surface area (Å²) in [7, 11) is 0. The number of Topliss-reactive ketones (excluding diaryl/α,β-unsaturated/α-hetero) is 1. The number of hydrogen-bond acceptors (Lipinski definition) is 9. The molecule has 2 aliphatic rings. The van der Waals surface area contributed by atoms with Crippen molar-refractivity contribution < 1.29 is 24.2 Å². The van der Waals surface area contributed by atoms with Crippen LogP contribution in [-0.4, -0.2) is 39.7 Å². The van der Waals surface area contributed by atoms with E-state index in [4.69, 9.17) is 9.47 Å². The Morgan fingerprint density at radius 3 is 2.73 bits per heavy atom. The van der Waals surface area contributed by atoms with E-state index in [2.05, 4.69) is 10.2 Å². The van der Waals surface area contributed by atoms with E-state index in [1.807, 2.05) is 62.4 Å². The Morgan fingerprint density at radius 2 is 1.93 bits per heavy atom. The Hall–Kier alpha value is -4.15. The Balaban J connectivity index is 1.41. The van der Waals surface area contributed by atoms with Gasteiger partial charge in [-0.25, -0.2) is 0 Å². The highest BCUT2D eigenvalue weighted by molar-refractivity contribution is 8.00. The van der Waals surface area contributed by atoms with Crippen molar-refractivity contribution in [3.63, 3.8) is 0 Å². The smallest absolute Gasteiger partial charge is 0.301 e. The van der Waals surface area contributed by atoms with Gasteiger partial charge in [-0.15, -0.1) is 10.2 Å². The molecule has 0 radical (unpaired) electrons. The number of benzene rings is 3. The van der Waals surface area contributed by atoms with E-state index in [0.717, 1.165) is 16.9 Å². The van der Waals surface area contributed by atoms with Crippen LogP contribution in [0.15, 0.2) is 82.7 Å². The van der Waals surface area contributed by atoms with Gasteiger partial charge in [0.15, 0.2) is 4.34 Å². The summed E-state index contributed by atoms with van der Waals surface area (Å²) in [6.07, 6.45) is 0.722. The molecule has 41 heavy (non-hydrogen) atoms. The zero-order chi connectivity index (χ0) is 28.5. The fourth-order valence-electron chi connectivity index (χ4n) is 5.09. The van der Waals surface area contributed by atoms with Crippen LogP contribution in [0.4, 0.5) is 5.13 Å². The molecule has 0 bridgehead atoms. The maximum atomic E-state index is 13.6. The van der Waals surface area contributed by atoms with Crippen molar-refractivity contribution in [2.45, 2.75) is 42.5 Å². The molecule has 8 nitrogen and oxygen atoms in total. The zero-order valence-corrected chi connectivity index (χ0v) is 24.1. The first-order valence-electron chi connectivity index (χ1n) is 13.3. The van der Waals surface area contributed by atoms with Gasteiger partial charge in [-0.3, -0.25) is 14.5 Å². The van der Waals surface area contributed by atoms with Crippen molar-refractivity contribution >= 4 is 45.7 Å². The molecule has 0 aliphatic carbocycles. The molecule has 2 aliphatic heterocycles. The van der Waals surface area contributed by atoms with Crippen molar-refractivity contribution in [3.8, 4) is 11.5 Å². The lowest BCUT2D eigenvalue weighted by atomic mass is 9.94. The average Bonchev–Trinajstić information content (AvgIpc) is 3.67. The highest BCUT2D eigenvalue weighted by Gasteiger charge is 2.48. The number of ether oxygens (including phenoxy) is 2. The molecule has 1 fully saturated rings. The van der Waals surface area contributed by atoms with Gasteiger partial charge in [-0.1, -0.05) is 65.6 Å². The van der Waals surface area contributed by atoms with Gasteiger partial charge in [-0.2, -0.15) is 0 Å². The van der Waals surface area contributed by atoms with Gasteiger partial charge < -0.3 is 14.6 Å². The van der Waals surface area contributed by atoms with Gasteiger partial charge in [-0.05, 0) is 60.9 Å². The van der Waals surface area contributed by atoms with Crippen LogP contribution in [0.5, 0.6) is 11.5 Å². The number of aliphatic hydroxyl groups is 1. The van der Waals surface area contributed by atoms with E-state index in [1.165, 1.54) is 28.0 Å². The number of ketones is 1. The monoisotopic (exact) mass is 585 g/mol. The van der Waals surface area contributed by atoms with Gasteiger partial charge in [0.2, 0.25) is 5.13 Å². The molecule has 1 saturated heterocycles. The second-order valence-corrected chi connectivity index (χ2v) is 11.9.